The molecule has 1 fully saturated rings. The summed E-state index contributed by atoms with van der Waals surface area (Å²) in [4.78, 5) is 25.3. The molecule has 0 saturated carbocycles. The summed E-state index contributed by atoms with van der Waals surface area (Å²) in [5.74, 6) is 1.25. The third-order valence-corrected chi connectivity index (χ3v) is 4.51. The summed E-state index contributed by atoms with van der Waals surface area (Å²) in [6, 6.07) is 9.47. The highest BCUT2D eigenvalue weighted by Gasteiger charge is 2.31. The van der Waals surface area contributed by atoms with Crippen LogP contribution in [0.1, 0.15) is 12.0 Å². The predicted octanol–water partition coefficient (Wildman–Crippen LogP) is 2.35. The minimum absolute atomic E-state index is 0.0146. The second kappa shape index (κ2) is 6.03. The van der Waals surface area contributed by atoms with Crippen molar-refractivity contribution >= 4 is 17.6 Å². The van der Waals surface area contributed by atoms with Gasteiger partial charge >= 0.3 is 6.03 Å². The molecule has 0 atom stereocenters. The van der Waals surface area contributed by atoms with E-state index in [1.807, 2.05) is 35.2 Å². The Bertz CT molecular complexity index is 764. The van der Waals surface area contributed by atoms with Gasteiger partial charge < -0.3 is 15.0 Å². The van der Waals surface area contributed by atoms with Gasteiger partial charge in [0.25, 0.3) is 0 Å². The molecule has 6 nitrogen and oxygen atoms in total. The van der Waals surface area contributed by atoms with Crippen molar-refractivity contribution in [1.29, 1.82) is 0 Å². The fourth-order valence-corrected chi connectivity index (χ4v) is 3.12. The first kappa shape index (κ1) is 14.8. The van der Waals surface area contributed by atoms with Gasteiger partial charge in [-0.1, -0.05) is 0 Å². The zero-order valence-corrected chi connectivity index (χ0v) is 13.3. The van der Waals surface area contributed by atoms with Crippen LogP contribution in [-0.4, -0.2) is 41.1 Å². The molecule has 2 amide bonds. The highest BCUT2D eigenvalue weighted by molar-refractivity contribution is 5.94. The van der Waals surface area contributed by atoms with Gasteiger partial charge in [-0.3, -0.25) is 9.36 Å². The number of aromatic nitrogens is 1. The molecule has 0 spiro atoms. The molecule has 3 heterocycles. The third-order valence-electron chi connectivity index (χ3n) is 4.51. The van der Waals surface area contributed by atoms with Gasteiger partial charge in [-0.05, 0) is 42.3 Å². The number of amides is 2. The van der Waals surface area contributed by atoms with E-state index >= 15 is 0 Å². The van der Waals surface area contributed by atoms with E-state index in [1.54, 1.807) is 17.0 Å². The first-order chi connectivity index (χ1) is 11.7. The van der Waals surface area contributed by atoms with Gasteiger partial charge in [0.1, 0.15) is 5.75 Å². The number of benzene rings is 1. The van der Waals surface area contributed by atoms with Gasteiger partial charge in [-0.2, -0.15) is 0 Å². The number of carbonyl (C=O) groups excluding carboxylic acids is 2. The number of nitrogens with one attached hydrogen (secondary N) is 1. The molecule has 2 aromatic rings. The van der Waals surface area contributed by atoms with Crippen molar-refractivity contribution in [2.45, 2.75) is 12.8 Å². The quantitative estimate of drug-likeness (QED) is 0.942. The number of anilines is 1. The van der Waals surface area contributed by atoms with Crippen LogP contribution >= 0.6 is 0 Å². The van der Waals surface area contributed by atoms with Crippen molar-refractivity contribution in [3.8, 4) is 5.75 Å². The summed E-state index contributed by atoms with van der Waals surface area (Å²) in [5, 5.41) is 2.86. The molecule has 1 N–H and O–H groups in total. The molecule has 1 aromatic heterocycles. The smallest absolute Gasteiger partial charge is 0.328 e. The predicted molar refractivity (Wildman–Crippen MR) is 89.2 cm³/mol. The minimum atomic E-state index is 0.0146. The van der Waals surface area contributed by atoms with E-state index in [4.69, 9.17) is 4.74 Å². The van der Waals surface area contributed by atoms with Crippen LogP contribution in [0.3, 0.4) is 0 Å². The van der Waals surface area contributed by atoms with Crippen molar-refractivity contribution < 1.29 is 14.3 Å². The normalized spacial score (nSPS) is 17.0. The van der Waals surface area contributed by atoms with Crippen molar-refractivity contribution in [1.82, 2.24) is 9.47 Å². The van der Waals surface area contributed by atoms with E-state index < -0.39 is 0 Å². The minimum Gasteiger partial charge on any atom is -0.493 e. The molecule has 124 valence electrons. The second-order valence-electron chi connectivity index (χ2n) is 6.32. The van der Waals surface area contributed by atoms with Crippen LogP contribution in [-0.2, 0) is 11.2 Å². The molecule has 2 aliphatic rings. The first-order valence-electron chi connectivity index (χ1n) is 8.17. The number of likely N-dealkylation sites (tertiary alicyclic amines) is 1. The Morgan fingerprint density at radius 2 is 2.00 bits per heavy atom. The molecule has 1 saturated heterocycles. The Kier molecular flexibility index (Phi) is 3.72. The third kappa shape index (κ3) is 2.87. The average Bonchev–Trinajstić information content (AvgIpc) is 3.07. The zero-order valence-electron chi connectivity index (χ0n) is 13.3. The first-order valence-corrected chi connectivity index (χ1v) is 8.17. The van der Waals surface area contributed by atoms with E-state index in [0.717, 1.165) is 36.5 Å². The molecule has 0 aliphatic carbocycles. The largest absolute Gasteiger partial charge is 0.493 e. The number of hydrogen-bond acceptors (Lipinski definition) is 3. The number of aryl methyl sites for hydroxylation is 1. The second-order valence-corrected chi connectivity index (χ2v) is 6.32. The van der Waals surface area contributed by atoms with Crippen LogP contribution in [0.25, 0.3) is 0 Å². The molecular weight excluding hydrogens is 306 g/mol. The maximum Gasteiger partial charge on any atom is 0.328 e. The van der Waals surface area contributed by atoms with E-state index in [0.29, 0.717) is 18.9 Å². The lowest BCUT2D eigenvalue weighted by molar-refractivity contribution is -0.116. The number of fused-ring (bicyclic) bond motifs is 1. The number of ether oxygens (including phenoxy) is 1. The fourth-order valence-electron chi connectivity index (χ4n) is 3.12. The lowest BCUT2D eigenvalue weighted by Gasteiger charge is -2.38. The van der Waals surface area contributed by atoms with Crippen LogP contribution < -0.4 is 10.1 Å². The van der Waals surface area contributed by atoms with Gasteiger partial charge in [0.15, 0.2) is 0 Å². The monoisotopic (exact) mass is 325 g/mol. The fraction of sp³-hybridized carbons (Fsp3) is 0.333. The molecule has 1 aromatic carbocycles. The zero-order chi connectivity index (χ0) is 16.5. The molecular formula is C18H19N3O3. The molecule has 2 aliphatic heterocycles. The van der Waals surface area contributed by atoms with E-state index in [1.165, 1.54) is 0 Å². The molecule has 0 radical (unpaired) electrons. The summed E-state index contributed by atoms with van der Waals surface area (Å²) in [5.41, 5.74) is 2.00. The highest BCUT2D eigenvalue weighted by Crippen LogP contribution is 2.27. The van der Waals surface area contributed by atoms with Crippen LogP contribution in [0.15, 0.2) is 42.7 Å². The number of hydrogen-bond donors (Lipinski definition) is 1. The standard InChI is InChI=1S/C18H19N3O3/c22-17-6-3-14-9-15(4-5-16(14)19-17)24-12-13-10-21(11-13)18(23)20-7-1-2-8-20/h1-2,4-5,7-9,13H,3,6,10-12H2,(H,19,22). The van der Waals surface area contributed by atoms with Crippen LogP contribution in [0.2, 0.25) is 0 Å². The summed E-state index contributed by atoms with van der Waals surface area (Å²) in [7, 11) is 0. The van der Waals surface area contributed by atoms with Crippen molar-refractivity contribution in [3.63, 3.8) is 0 Å². The van der Waals surface area contributed by atoms with Gasteiger partial charge in [0, 0.05) is 43.5 Å². The summed E-state index contributed by atoms with van der Waals surface area (Å²) >= 11 is 0. The van der Waals surface area contributed by atoms with E-state index in [9.17, 15) is 9.59 Å². The highest BCUT2D eigenvalue weighted by atomic mass is 16.5. The molecule has 24 heavy (non-hydrogen) atoms. The average molecular weight is 325 g/mol. The van der Waals surface area contributed by atoms with Crippen molar-refractivity contribution in [2.75, 3.05) is 25.0 Å². The number of carbonyl (C=O) groups is 2. The van der Waals surface area contributed by atoms with Crippen LogP contribution in [0.4, 0.5) is 10.5 Å². The van der Waals surface area contributed by atoms with Gasteiger partial charge in [-0.25, -0.2) is 4.79 Å². The summed E-state index contributed by atoms with van der Waals surface area (Å²) < 4.78 is 7.46. The Hall–Kier alpha value is -2.76. The number of rotatable bonds is 3. The maximum absolute atomic E-state index is 12.1. The van der Waals surface area contributed by atoms with Gasteiger partial charge in [0.05, 0.1) is 6.61 Å². The van der Waals surface area contributed by atoms with E-state index in [2.05, 4.69) is 5.32 Å². The Morgan fingerprint density at radius 3 is 2.79 bits per heavy atom. The summed E-state index contributed by atoms with van der Waals surface area (Å²) in [6.45, 7) is 2.04. The Balaban J connectivity index is 1.28. The Morgan fingerprint density at radius 1 is 1.21 bits per heavy atom. The Labute approximate surface area is 140 Å². The maximum atomic E-state index is 12.1. The number of nitrogens with zero attached hydrogens (tertiary/aromatic N) is 2. The topological polar surface area (TPSA) is 63.6 Å². The molecule has 0 bridgehead atoms. The SMILES string of the molecule is O=C1CCc2cc(OCC3CN(C(=O)n4cccc4)C3)ccc2N1. The van der Waals surface area contributed by atoms with Crippen molar-refractivity contribution in [2.24, 2.45) is 5.92 Å². The van der Waals surface area contributed by atoms with Gasteiger partial charge in [-0.15, -0.1) is 0 Å². The lowest BCUT2D eigenvalue weighted by atomic mass is 10.0. The van der Waals surface area contributed by atoms with Gasteiger partial charge in [0.2, 0.25) is 5.91 Å². The molecule has 6 heteroatoms. The molecule has 4 rings (SSSR count). The molecule has 0 unspecified atom stereocenters. The summed E-state index contributed by atoms with van der Waals surface area (Å²) in [6.07, 6.45) is 4.80. The van der Waals surface area contributed by atoms with Crippen molar-refractivity contribution in [3.05, 3.63) is 48.3 Å². The van der Waals surface area contributed by atoms with E-state index in [-0.39, 0.29) is 11.9 Å². The lowest BCUT2D eigenvalue weighted by Crippen LogP contribution is -2.53. The van der Waals surface area contributed by atoms with Crippen LogP contribution in [0.5, 0.6) is 5.75 Å². The van der Waals surface area contributed by atoms with Crippen LogP contribution in [0, 0.1) is 5.92 Å².